The number of benzene rings is 3. The van der Waals surface area contributed by atoms with Crippen LogP contribution < -0.4 is 23.8 Å². The summed E-state index contributed by atoms with van der Waals surface area (Å²) in [4.78, 5) is 11.4. The van der Waals surface area contributed by atoms with E-state index in [9.17, 15) is 13.2 Å². The Morgan fingerprint density at radius 1 is 0.848 bits per heavy atom. The third-order valence-electron chi connectivity index (χ3n) is 4.90. The molecule has 8 nitrogen and oxygen atoms in total. The zero-order valence-electron chi connectivity index (χ0n) is 18.9. The fraction of sp³-hybridized carbons (Fsp3) is 0.208. The van der Waals surface area contributed by atoms with Crippen molar-refractivity contribution in [2.24, 2.45) is 0 Å². The zero-order valence-corrected chi connectivity index (χ0v) is 19.7. The van der Waals surface area contributed by atoms with Gasteiger partial charge in [0.2, 0.25) is 5.91 Å². The molecule has 1 N–H and O–H groups in total. The summed E-state index contributed by atoms with van der Waals surface area (Å²) in [6.07, 6.45) is 0. The van der Waals surface area contributed by atoms with Gasteiger partial charge in [-0.3, -0.25) is 9.10 Å². The van der Waals surface area contributed by atoms with Crippen LogP contribution >= 0.6 is 0 Å². The van der Waals surface area contributed by atoms with Crippen molar-refractivity contribution in [2.75, 3.05) is 31.0 Å². The van der Waals surface area contributed by atoms with E-state index in [1.54, 1.807) is 49.6 Å². The Hall–Kier alpha value is -3.72. The Labute approximate surface area is 193 Å². The standard InChI is InChI=1S/C24H26N2O6S/c1-17(27)25-19-7-12-22(13-8-19)33(28,29)26(16-18-5-10-21(30-2)11-6-18)20-9-14-23(31-3)24(15-20)32-4/h5-15H,16H2,1-4H3,(H,25,27). The van der Waals surface area contributed by atoms with Crippen molar-refractivity contribution in [1.29, 1.82) is 0 Å². The zero-order chi connectivity index (χ0) is 24.0. The molecule has 0 spiro atoms. The van der Waals surface area contributed by atoms with Gasteiger partial charge in [0.15, 0.2) is 11.5 Å². The van der Waals surface area contributed by atoms with Gasteiger partial charge < -0.3 is 19.5 Å². The van der Waals surface area contributed by atoms with Crippen LogP contribution in [0.15, 0.2) is 71.6 Å². The topological polar surface area (TPSA) is 94.2 Å². The van der Waals surface area contributed by atoms with E-state index in [0.29, 0.717) is 28.6 Å². The number of hydrogen-bond acceptors (Lipinski definition) is 6. The molecule has 0 unspecified atom stereocenters. The molecule has 0 aromatic heterocycles. The summed E-state index contributed by atoms with van der Waals surface area (Å²) in [7, 11) is 0.609. The van der Waals surface area contributed by atoms with E-state index in [1.165, 1.54) is 37.6 Å². The minimum Gasteiger partial charge on any atom is -0.497 e. The summed E-state index contributed by atoms with van der Waals surface area (Å²) < 4.78 is 44.5. The van der Waals surface area contributed by atoms with Crippen molar-refractivity contribution in [1.82, 2.24) is 0 Å². The molecule has 0 bridgehead atoms. The first kappa shape index (κ1) is 23.9. The molecule has 0 aliphatic carbocycles. The van der Waals surface area contributed by atoms with Gasteiger partial charge in [-0.25, -0.2) is 8.42 Å². The van der Waals surface area contributed by atoms with E-state index in [2.05, 4.69) is 5.32 Å². The molecule has 0 heterocycles. The third kappa shape index (κ3) is 5.56. The first-order valence-corrected chi connectivity index (χ1v) is 11.5. The van der Waals surface area contributed by atoms with Gasteiger partial charge >= 0.3 is 0 Å². The van der Waals surface area contributed by atoms with Gasteiger partial charge in [0.1, 0.15) is 5.75 Å². The molecule has 0 aliphatic rings. The van der Waals surface area contributed by atoms with E-state index in [0.717, 1.165) is 5.56 Å². The van der Waals surface area contributed by atoms with Crippen LogP contribution in [0.4, 0.5) is 11.4 Å². The van der Waals surface area contributed by atoms with Crippen LogP contribution in [0.3, 0.4) is 0 Å². The van der Waals surface area contributed by atoms with E-state index in [-0.39, 0.29) is 17.3 Å². The van der Waals surface area contributed by atoms with E-state index >= 15 is 0 Å². The lowest BCUT2D eigenvalue weighted by Crippen LogP contribution is -2.30. The maximum atomic E-state index is 13.7. The van der Waals surface area contributed by atoms with Crippen LogP contribution in [0, 0.1) is 0 Å². The van der Waals surface area contributed by atoms with Crippen molar-refractivity contribution in [3.05, 3.63) is 72.3 Å². The van der Waals surface area contributed by atoms with Crippen LogP contribution in [-0.2, 0) is 21.4 Å². The van der Waals surface area contributed by atoms with Crippen LogP contribution in [-0.4, -0.2) is 35.7 Å². The molecule has 3 aromatic carbocycles. The quantitative estimate of drug-likeness (QED) is 0.507. The summed E-state index contributed by atoms with van der Waals surface area (Å²) >= 11 is 0. The highest BCUT2D eigenvalue weighted by molar-refractivity contribution is 7.92. The maximum Gasteiger partial charge on any atom is 0.264 e. The number of amides is 1. The minimum atomic E-state index is -3.96. The largest absolute Gasteiger partial charge is 0.497 e. The molecular formula is C24H26N2O6S. The molecule has 0 radical (unpaired) electrons. The first-order chi connectivity index (χ1) is 15.8. The van der Waals surface area contributed by atoms with Crippen LogP contribution in [0.25, 0.3) is 0 Å². The summed E-state index contributed by atoms with van der Waals surface area (Å²) in [5, 5.41) is 2.63. The van der Waals surface area contributed by atoms with Gasteiger partial charge in [0, 0.05) is 18.7 Å². The fourth-order valence-corrected chi connectivity index (χ4v) is 4.68. The second-order valence-corrected chi connectivity index (χ2v) is 8.97. The lowest BCUT2D eigenvalue weighted by Gasteiger charge is -2.25. The lowest BCUT2D eigenvalue weighted by molar-refractivity contribution is -0.114. The smallest absolute Gasteiger partial charge is 0.264 e. The Morgan fingerprint density at radius 3 is 2.03 bits per heavy atom. The van der Waals surface area contributed by atoms with Gasteiger partial charge in [-0.05, 0) is 54.1 Å². The number of carbonyl (C=O) groups excluding carboxylic acids is 1. The summed E-state index contributed by atoms with van der Waals surface area (Å²) in [6.45, 7) is 1.47. The predicted octanol–water partition coefficient (Wildman–Crippen LogP) is 4.07. The van der Waals surface area contributed by atoms with Crippen molar-refractivity contribution < 1.29 is 27.4 Å². The predicted molar refractivity (Wildman–Crippen MR) is 127 cm³/mol. The number of nitrogens with one attached hydrogen (secondary N) is 1. The SMILES string of the molecule is COc1ccc(CN(c2ccc(OC)c(OC)c2)S(=O)(=O)c2ccc(NC(C)=O)cc2)cc1. The van der Waals surface area contributed by atoms with Crippen molar-refractivity contribution in [2.45, 2.75) is 18.4 Å². The maximum absolute atomic E-state index is 13.7. The van der Waals surface area contributed by atoms with Gasteiger partial charge in [0.25, 0.3) is 10.0 Å². The molecule has 1 amide bonds. The third-order valence-corrected chi connectivity index (χ3v) is 6.69. The first-order valence-electron chi connectivity index (χ1n) is 10.0. The Balaban J connectivity index is 2.05. The molecule has 3 rings (SSSR count). The number of rotatable bonds is 9. The normalized spacial score (nSPS) is 10.9. The second kappa shape index (κ2) is 10.3. The molecule has 0 fully saturated rings. The Bertz CT molecular complexity index is 1210. The summed E-state index contributed by atoms with van der Waals surface area (Å²) in [6, 6.07) is 18.1. The molecule has 0 saturated carbocycles. The molecular weight excluding hydrogens is 444 g/mol. The van der Waals surface area contributed by atoms with E-state index < -0.39 is 10.0 Å². The summed E-state index contributed by atoms with van der Waals surface area (Å²) in [5.74, 6) is 1.33. The average Bonchev–Trinajstić information content (AvgIpc) is 2.82. The molecule has 0 atom stereocenters. The molecule has 174 valence electrons. The molecule has 9 heteroatoms. The monoisotopic (exact) mass is 470 g/mol. The number of ether oxygens (including phenoxy) is 3. The van der Waals surface area contributed by atoms with Crippen LogP contribution in [0.1, 0.15) is 12.5 Å². The van der Waals surface area contributed by atoms with Gasteiger partial charge in [-0.1, -0.05) is 12.1 Å². The number of hydrogen-bond donors (Lipinski definition) is 1. The number of anilines is 2. The number of sulfonamides is 1. The highest BCUT2D eigenvalue weighted by Crippen LogP contribution is 2.35. The molecule has 33 heavy (non-hydrogen) atoms. The summed E-state index contributed by atoms with van der Waals surface area (Å²) in [5.41, 5.74) is 1.69. The van der Waals surface area contributed by atoms with E-state index in [1.807, 2.05) is 12.1 Å². The van der Waals surface area contributed by atoms with Crippen molar-refractivity contribution in [3.8, 4) is 17.2 Å². The van der Waals surface area contributed by atoms with Crippen molar-refractivity contribution in [3.63, 3.8) is 0 Å². The Kier molecular flexibility index (Phi) is 7.44. The molecule has 0 aliphatic heterocycles. The highest BCUT2D eigenvalue weighted by atomic mass is 32.2. The minimum absolute atomic E-state index is 0.0786. The average molecular weight is 471 g/mol. The van der Waals surface area contributed by atoms with Crippen molar-refractivity contribution >= 4 is 27.3 Å². The fourth-order valence-electron chi connectivity index (χ4n) is 3.23. The highest BCUT2D eigenvalue weighted by Gasteiger charge is 2.26. The number of methoxy groups -OCH3 is 3. The molecule has 0 saturated heterocycles. The number of carbonyl (C=O) groups is 1. The Morgan fingerprint density at radius 2 is 1.48 bits per heavy atom. The van der Waals surface area contributed by atoms with Gasteiger partial charge in [-0.15, -0.1) is 0 Å². The van der Waals surface area contributed by atoms with Gasteiger partial charge in [0.05, 0.1) is 38.5 Å². The number of nitrogens with zero attached hydrogens (tertiary/aromatic N) is 1. The second-order valence-electron chi connectivity index (χ2n) is 7.10. The van der Waals surface area contributed by atoms with Crippen LogP contribution in [0.2, 0.25) is 0 Å². The van der Waals surface area contributed by atoms with E-state index in [4.69, 9.17) is 14.2 Å². The van der Waals surface area contributed by atoms with Crippen LogP contribution in [0.5, 0.6) is 17.2 Å². The lowest BCUT2D eigenvalue weighted by atomic mass is 10.2. The molecule has 3 aromatic rings. The van der Waals surface area contributed by atoms with Gasteiger partial charge in [-0.2, -0.15) is 0 Å².